The minimum atomic E-state index is -0.729. The molecule has 4 nitrogen and oxygen atoms in total. The van der Waals surface area contributed by atoms with E-state index in [1.807, 2.05) is 0 Å². The number of rotatable bonds is 3. The Kier molecular flexibility index (Phi) is 4.86. The van der Waals surface area contributed by atoms with Crippen molar-refractivity contribution >= 4 is 34.8 Å². The third kappa shape index (κ3) is 3.36. The lowest BCUT2D eigenvalue weighted by Crippen LogP contribution is -2.27. The number of benzene rings is 2. The van der Waals surface area contributed by atoms with Gasteiger partial charge in [0.15, 0.2) is 0 Å². The van der Waals surface area contributed by atoms with Gasteiger partial charge in [0.2, 0.25) is 0 Å². The highest BCUT2D eigenvalue weighted by molar-refractivity contribution is 6.36. The Labute approximate surface area is 136 Å². The second-order valence-corrected chi connectivity index (χ2v) is 5.80. The van der Waals surface area contributed by atoms with Crippen LogP contribution in [0.4, 0.5) is 0 Å². The maximum absolute atomic E-state index is 9.44. The number of phenolic OH excluding ortho intramolecular Hbond substituents is 2. The van der Waals surface area contributed by atoms with Crippen molar-refractivity contribution in [2.24, 2.45) is 11.5 Å². The molecular weight excluding hydrogens is 335 g/mol. The van der Waals surface area contributed by atoms with E-state index in [1.54, 1.807) is 6.07 Å². The van der Waals surface area contributed by atoms with Crippen LogP contribution in [0.3, 0.4) is 0 Å². The Balaban J connectivity index is 2.42. The van der Waals surface area contributed by atoms with E-state index in [1.165, 1.54) is 24.3 Å². The van der Waals surface area contributed by atoms with E-state index < -0.39 is 12.1 Å². The zero-order valence-corrected chi connectivity index (χ0v) is 13.0. The first kappa shape index (κ1) is 16.2. The Morgan fingerprint density at radius 3 is 1.81 bits per heavy atom. The normalized spacial score (nSPS) is 14.0. The molecule has 2 aromatic carbocycles. The monoisotopic (exact) mass is 346 g/mol. The average Bonchev–Trinajstić information content (AvgIpc) is 2.36. The molecular formula is C14H13Cl3N2O2. The van der Waals surface area contributed by atoms with E-state index in [0.717, 1.165) is 0 Å². The van der Waals surface area contributed by atoms with Gasteiger partial charge in [0.05, 0.1) is 22.1 Å². The maximum atomic E-state index is 9.44. The smallest absolute Gasteiger partial charge is 0.118 e. The average molecular weight is 348 g/mol. The van der Waals surface area contributed by atoms with Gasteiger partial charge in [-0.05, 0) is 29.8 Å². The summed E-state index contributed by atoms with van der Waals surface area (Å²) in [6.45, 7) is 0. The molecule has 0 aliphatic carbocycles. The Morgan fingerprint density at radius 2 is 1.29 bits per heavy atom. The van der Waals surface area contributed by atoms with Crippen molar-refractivity contribution in [2.75, 3.05) is 0 Å². The van der Waals surface area contributed by atoms with E-state index in [2.05, 4.69) is 0 Å². The molecule has 0 saturated heterocycles. The van der Waals surface area contributed by atoms with Gasteiger partial charge in [-0.15, -0.1) is 0 Å². The molecule has 2 rings (SSSR count). The molecule has 0 aromatic heterocycles. The van der Waals surface area contributed by atoms with Gasteiger partial charge in [0, 0.05) is 10.6 Å². The van der Waals surface area contributed by atoms with Gasteiger partial charge in [0.1, 0.15) is 11.5 Å². The summed E-state index contributed by atoms with van der Waals surface area (Å²) >= 11 is 18.2. The molecule has 0 radical (unpaired) electrons. The fourth-order valence-corrected chi connectivity index (χ4v) is 3.08. The third-order valence-electron chi connectivity index (χ3n) is 3.13. The van der Waals surface area contributed by atoms with Gasteiger partial charge < -0.3 is 21.7 Å². The van der Waals surface area contributed by atoms with Crippen LogP contribution in [0.15, 0.2) is 30.3 Å². The summed E-state index contributed by atoms with van der Waals surface area (Å²) in [6.07, 6.45) is 0. The number of nitrogens with two attached hydrogens (primary N) is 2. The minimum absolute atomic E-state index is 0.0326. The van der Waals surface area contributed by atoms with E-state index in [9.17, 15) is 10.2 Å². The molecule has 0 aliphatic rings. The van der Waals surface area contributed by atoms with Crippen molar-refractivity contribution < 1.29 is 10.2 Å². The van der Waals surface area contributed by atoms with Gasteiger partial charge in [-0.3, -0.25) is 0 Å². The van der Waals surface area contributed by atoms with Gasteiger partial charge in [-0.25, -0.2) is 0 Å². The SMILES string of the molecule is N[C@H](c1c(Cl)cc(O)cc1Cl)[C@@H](N)c1ccc(O)cc1Cl. The summed E-state index contributed by atoms with van der Waals surface area (Å²) in [4.78, 5) is 0. The van der Waals surface area contributed by atoms with E-state index >= 15 is 0 Å². The van der Waals surface area contributed by atoms with Crippen LogP contribution in [-0.2, 0) is 0 Å². The molecule has 0 unspecified atom stereocenters. The number of halogens is 3. The molecule has 0 amide bonds. The molecule has 7 heteroatoms. The first-order chi connectivity index (χ1) is 9.81. The van der Waals surface area contributed by atoms with Gasteiger partial charge in [-0.1, -0.05) is 40.9 Å². The van der Waals surface area contributed by atoms with Gasteiger partial charge in [0.25, 0.3) is 0 Å². The lowest BCUT2D eigenvalue weighted by atomic mass is 9.94. The first-order valence-corrected chi connectivity index (χ1v) is 7.12. The zero-order chi connectivity index (χ0) is 15.7. The molecule has 0 spiro atoms. The van der Waals surface area contributed by atoms with Crippen LogP contribution < -0.4 is 11.5 Å². The highest BCUT2D eigenvalue weighted by Crippen LogP contribution is 2.39. The molecule has 21 heavy (non-hydrogen) atoms. The number of hydrogen-bond acceptors (Lipinski definition) is 4. The molecule has 0 saturated carbocycles. The second-order valence-electron chi connectivity index (χ2n) is 4.58. The molecule has 0 fully saturated rings. The van der Waals surface area contributed by atoms with Crippen molar-refractivity contribution in [2.45, 2.75) is 12.1 Å². The molecule has 2 aromatic rings. The lowest BCUT2D eigenvalue weighted by Gasteiger charge is -2.23. The summed E-state index contributed by atoms with van der Waals surface area (Å²) in [5.74, 6) is -0.0255. The summed E-state index contributed by atoms with van der Waals surface area (Å²) in [5, 5.41) is 19.5. The lowest BCUT2D eigenvalue weighted by molar-refractivity contribution is 0.473. The van der Waals surface area contributed by atoms with Crippen LogP contribution in [0, 0.1) is 0 Å². The summed E-state index contributed by atoms with van der Waals surface area (Å²) in [5.41, 5.74) is 13.2. The molecule has 2 atom stereocenters. The minimum Gasteiger partial charge on any atom is -0.508 e. The topological polar surface area (TPSA) is 92.5 Å². The number of hydrogen-bond donors (Lipinski definition) is 4. The molecule has 0 aliphatic heterocycles. The summed E-state index contributed by atoms with van der Waals surface area (Å²) in [7, 11) is 0. The van der Waals surface area contributed by atoms with Crippen LogP contribution in [-0.4, -0.2) is 10.2 Å². The van der Waals surface area contributed by atoms with E-state index in [4.69, 9.17) is 46.3 Å². The fraction of sp³-hybridized carbons (Fsp3) is 0.143. The zero-order valence-electron chi connectivity index (χ0n) is 10.7. The van der Waals surface area contributed by atoms with Crippen LogP contribution in [0.25, 0.3) is 0 Å². The van der Waals surface area contributed by atoms with Crippen LogP contribution >= 0.6 is 34.8 Å². The van der Waals surface area contributed by atoms with Crippen LogP contribution in [0.2, 0.25) is 15.1 Å². The quantitative estimate of drug-likeness (QED) is 0.680. The Bertz CT molecular complexity index is 656. The number of aromatic hydroxyl groups is 2. The molecule has 0 heterocycles. The number of phenols is 2. The molecule has 6 N–H and O–H groups in total. The van der Waals surface area contributed by atoms with Crippen molar-refractivity contribution in [3.63, 3.8) is 0 Å². The van der Waals surface area contributed by atoms with Gasteiger partial charge >= 0.3 is 0 Å². The highest BCUT2D eigenvalue weighted by atomic mass is 35.5. The summed E-state index contributed by atoms with van der Waals surface area (Å²) in [6, 6.07) is 5.70. The predicted molar refractivity (Wildman–Crippen MR) is 85.1 cm³/mol. The van der Waals surface area contributed by atoms with Crippen molar-refractivity contribution in [1.29, 1.82) is 0 Å². The third-order valence-corrected chi connectivity index (χ3v) is 4.08. The van der Waals surface area contributed by atoms with Crippen molar-refractivity contribution in [1.82, 2.24) is 0 Å². The molecule has 0 bridgehead atoms. The predicted octanol–water partition coefficient (Wildman–Crippen LogP) is 3.76. The fourth-order valence-electron chi connectivity index (χ4n) is 2.05. The van der Waals surface area contributed by atoms with Crippen LogP contribution in [0.5, 0.6) is 11.5 Å². The largest absolute Gasteiger partial charge is 0.508 e. The van der Waals surface area contributed by atoms with Gasteiger partial charge in [-0.2, -0.15) is 0 Å². The Hall–Kier alpha value is -1.17. The summed E-state index contributed by atoms with van der Waals surface area (Å²) < 4.78 is 0. The second kappa shape index (κ2) is 6.30. The van der Waals surface area contributed by atoms with E-state index in [-0.39, 0.29) is 21.5 Å². The first-order valence-electron chi connectivity index (χ1n) is 5.98. The maximum Gasteiger partial charge on any atom is 0.118 e. The van der Waals surface area contributed by atoms with Crippen molar-refractivity contribution in [3.8, 4) is 11.5 Å². The van der Waals surface area contributed by atoms with Crippen LogP contribution in [0.1, 0.15) is 23.2 Å². The molecule has 112 valence electrons. The Morgan fingerprint density at radius 1 is 0.762 bits per heavy atom. The van der Waals surface area contributed by atoms with E-state index in [0.29, 0.717) is 16.1 Å². The standard InChI is InChI=1S/C14H13Cl3N2O2/c15-9-3-6(20)1-2-8(9)13(18)14(19)12-10(16)4-7(21)5-11(12)17/h1-5,13-14,20-21H,18-19H2/t13-,14+/m0/s1. The van der Waals surface area contributed by atoms with Crippen molar-refractivity contribution in [3.05, 3.63) is 56.5 Å². The highest BCUT2D eigenvalue weighted by Gasteiger charge is 2.24.